The van der Waals surface area contributed by atoms with Crippen molar-refractivity contribution in [2.45, 2.75) is 52.1 Å². The summed E-state index contributed by atoms with van der Waals surface area (Å²) in [5.74, 6) is -0.450. The highest BCUT2D eigenvalue weighted by molar-refractivity contribution is 4.88. The molecule has 17 heavy (non-hydrogen) atoms. The number of piperidine rings is 1. The standard InChI is InChI=1S/C10H18N2O3.C2H6/c1-10(2)14-8-3-5-12(6-4-11-13)7-9(8)15-10;1-2/h8-9H,3-7H2,1-2H3;1-2H3. The highest BCUT2D eigenvalue weighted by Gasteiger charge is 2.43. The normalized spacial score (nSPS) is 31.3. The molecule has 2 aliphatic heterocycles. The van der Waals surface area contributed by atoms with Crippen LogP contribution in [0.3, 0.4) is 0 Å². The number of hydrogen-bond acceptors (Lipinski definition) is 5. The summed E-state index contributed by atoms with van der Waals surface area (Å²) in [5.41, 5.74) is 0. The summed E-state index contributed by atoms with van der Waals surface area (Å²) in [6, 6.07) is 0. The Labute approximate surface area is 103 Å². The Morgan fingerprint density at radius 3 is 2.59 bits per heavy atom. The molecule has 0 aromatic carbocycles. The van der Waals surface area contributed by atoms with Crippen LogP contribution in [0.25, 0.3) is 0 Å². The van der Waals surface area contributed by atoms with E-state index >= 15 is 0 Å². The summed E-state index contributed by atoms with van der Waals surface area (Å²) >= 11 is 0. The monoisotopic (exact) mass is 244 g/mol. The van der Waals surface area contributed by atoms with Crippen LogP contribution in [0.5, 0.6) is 0 Å². The van der Waals surface area contributed by atoms with E-state index in [1.807, 2.05) is 27.7 Å². The minimum Gasteiger partial charge on any atom is -0.344 e. The van der Waals surface area contributed by atoms with Crippen molar-refractivity contribution in [3.05, 3.63) is 4.91 Å². The first-order valence-electron chi connectivity index (χ1n) is 6.48. The summed E-state index contributed by atoms with van der Waals surface area (Å²) in [6.07, 6.45) is 1.35. The molecule has 0 aromatic rings. The van der Waals surface area contributed by atoms with Gasteiger partial charge in [0, 0.05) is 19.6 Å². The predicted octanol–water partition coefficient (Wildman–Crippen LogP) is 2.00. The van der Waals surface area contributed by atoms with Gasteiger partial charge >= 0.3 is 0 Å². The fraction of sp³-hybridized carbons (Fsp3) is 1.00. The summed E-state index contributed by atoms with van der Waals surface area (Å²) < 4.78 is 11.6. The lowest BCUT2D eigenvalue weighted by Crippen LogP contribution is -2.45. The van der Waals surface area contributed by atoms with Crippen LogP contribution in [-0.2, 0) is 9.47 Å². The predicted molar refractivity (Wildman–Crippen MR) is 66.9 cm³/mol. The van der Waals surface area contributed by atoms with Gasteiger partial charge in [-0.2, -0.15) is 4.91 Å². The summed E-state index contributed by atoms with van der Waals surface area (Å²) in [6.45, 7) is 10.8. The van der Waals surface area contributed by atoms with Crippen LogP contribution in [0, 0.1) is 4.91 Å². The van der Waals surface area contributed by atoms with Gasteiger partial charge in [-0.1, -0.05) is 19.0 Å². The minimum atomic E-state index is -0.450. The van der Waals surface area contributed by atoms with Crippen LogP contribution in [0.1, 0.15) is 34.1 Å². The van der Waals surface area contributed by atoms with E-state index in [0.717, 1.165) is 26.1 Å². The second-order valence-corrected chi connectivity index (χ2v) is 4.65. The maximum Gasteiger partial charge on any atom is 0.163 e. The van der Waals surface area contributed by atoms with E-state index in [-0.39, 0.29) is 12.2 Å². The second kappa shape index (κ2) is 6.42. The van der Waals surface area contributed by atoms with Gasteiger partial charge in [0.1, 0.15) is 0 Å². The van der Waals surface area contributed by atoms with Gasteiger partial charge in [-0.25, -0.2) is 0 Å². The zero-order valence-electron chi connectivity index (χ0n) is 11.3. The fourth-order valence-corrected chi connectivity index (χ4v) is 2.35. The van der Waals surface area contributed by atoms with Gasteiger partial charge < -0.3 is 9.47 Å². The Bertz CT molecular complexity index is 246. The van der Waals surface area contributed by atoms with Crippen molar-refractivity contribution >= 4 is 0 Å². The molecule has 2 fully saturated rings. The van der Waals surface area contributed by atoms with Crippen molar-refractivity contribution < 1.29 is 9.47 Å². The summed E-state index contributed by atoms with van der Waals surface area (Å²) in [4.78, 5) is 12.3. The number of nitroso groups, excluding NO2 is 1. The van der Waals surface area contributed by atoms with Gasteiger partial charge in [0.15, 0.2) is 5.79 Å². The molecule has 100 valence electrons. The molecule has 0 amide bonds. The molecule has 0 spiro atoms. The van der Waals surface area contributed by atoms with E-state index in [2.05, 4.69) is 10.1 Å². The third kappa shape index (κ3) is 4.01. The van der Waals surface area contributed by atoms with Crippen LogP contribution in [0.4, 0.5) is 0 Å². The van der Waals surface area contributed by atoms with Gasteiger partial charge in [0.05, 0.1) is 18.8 Å². The molecule has 2 saturated heterocycles. The molecule has 0 N–H and O–H groups in total. The number of fused-ring (bicyclic) bond motifs is 1. The molecule has 2 aliphatic rings. The molecular formula is C12H24N2O3. The molecule has 2 rings (SSSR count). The Hall–Kier alpha value is -0.520. The van der Waals surface area contributed by atoms with Crippen molar-refractivity contribution in [2.75, 3.05) is 26.2 Å². The zero-order valence-corrected chi connectivity index (χ0v) is 11.3. The van der Waals surface area contributed by atoms with Crippen LogP contribution >= 0.6 is 0 Å². The first-order chi connectivity index (χ1) is 8.11. The Balaban J connectivity index is 0.000000686. The van der Waals surface area contributed by atoms with Gasteiger partial charge in [-0.15, -0.1) is 0 Å². The van der Waals surface area contributed by atoms with Crippen LogP contribution in [0.15, 0.2) is 5.18 Å². The lowest BCUT2D eigenvalue weighted by molar-refractivity contribution is -0.145. The molecule has 0 saturated carbocycles. The molecule has 0 bridgehead atoms. The number of ether oxygens (including phenoxy) is 2. The van der Waals surface area contributed by atoms with Crippen molar-refractivity contribution in [1.82, 2.24) is 4.90 Å². The van der Waals surface area contributed by atoms with Crippen molar-refractivity contribution in [3.8, 4) is 0 Å². The molecule has 0 radical (unpaired) electrons. The average molecular weight is 244 g/mol. The highest BCUT2D eigenvalue weighted by atomic mass is 16.8. The largest absolute Gasteiger partial charge is 0.344 e. The maximum absolute atomic E-state index is 10.0. The maximum atomic E-state index is 10.0. The molecule has 5 heteroatoms. The van der Waals surface area contributed by atoms with Crippen LogP contribution < -0.4 is 0 Å². The topological polar surface area (TPSA) is 51.1 Å². The van der Waals surface area contributed by atoms with Gasteiger partial charge in [0.2, 0.25) is 0 Å². The summed E-state index contributed by atoms with van der Waals surface area (Å²) in [7, 11) is 0. The van der Waals surface area contributed by atoms with Gasteiger partial charge in [-0.05, 0) is 20.3 Å². The Kier molecular flexibility index (Phi) is 5.49. The molecule has 0 aromatic heterocycles. The summed E-state index contributed by atoms with van der Waals surface area (Å²) in [5, 5.41) is 2.88. The second-order valence-electron chi connectivity index (χ2n) is 4.65. The van der Waals surface area contributed by atoms with Crippen molar-refractivity contribution in [3.63, 3.8) is 0 Å². The van der Waals surface area contributed by atoms with E-state index in [4.69, 9.17) is 9.47 Å². The number of rotatable bonds is 3. The third-order valence-corrected chi connectivity index (χ3v) is 2.96. The SMILES string of the molecule is CC.CC1(C)OC2CCN(CCN=O)CC2O1. The van der Waals surface area contributed by atoms with E-state index in [1.54, 1.807) is 0 Å². The minimum absolute atomic E-state index is 0.153. The third-order valence-electron chi connectivity index (χ3n) is 2.96. The van der Waals surface area contributed by atoms with E-state index < -0.39 is 5.79 Å². The van der Waals surface area contributed by atoms with Gasteiger partial charge in [0.25, 0.3) is 0 Å². The lowest BCUT2D eigenvalue weighted by atomic mass is 10.1. The van der Waals surface area contributed by atoms with E-state index in [1.165, 1.54) is 0 Å². The first kappa shape index (κ1) is 14.5. The van der Waals surface area contributed by atoms with Gasteiger partial charge in [-0.3, -0.25) is 4.90 Å². The number of nitrogens with zero attached hydrogens (tertiary/aromatic N) is 2. The lowest BCUT2D eigenvalue weighted by Gasteiger charge is -2.32. The Morgan fingerprint density at radius 2 is 1.94 bits per heavy atom. The first-order valence-corrected chi connectivity index (χ1v) is 6.48. The van der Waals surface area contributed by atoms with E-state index in [9.17, 15) is 4.91 Å². The smallest absolute Gasteiger partial charge is 0.163 e. The number of hydrogen-bond donors (Lipinski definition) is 0. The molecule has 2 heterocycles. The molecule has 0 aliphatic carbocycles. The van der Waals surface area contributed by atoms with E-state index in [0.29, 0.717) is 6.54 Å². The Morgan fingerprint density at radius 1 is 1.29 bits per heavy atom. The van der Waals surface area contributed by atoms with Crippen LogP contribution in [-0.4, -0.2) is 49.1 Å². The van der Waals surface area contributed by atoms with Crippen molar-refractivity contribution in [1.29, 1.82) is 0 Å². The zero-order chi connectivity index (χ0) is 12.9. The van der Waals surface area contributed by atoms with Crippen LogP contribution in [0.2, 0.25) is 0 Å². The molecular weight excluding hydrogens is 220 g/mol. The quantitative estimate of drug-likeness (QED) is 0.713. The molecule has 2 unspecified atom stereocenters. The average Bonchev–Trinajstić information content (AvgIpc) is 2.62. The molecule has 2 atom stereocenters. The molecule has 5 nitrogen and oxygen atoms in total. The fourth-order valence-electron chi connectivity index (χ4n) is 2.35. The van der Waals surface area contributed by atoms with Crippen molar-refractivity contribution in [2.24, 2.45) is 5.18 Å². The highest BCUT2D eigenvalue weighted by Crippen LogP contribution is 2.32. The number of likely N-dealkylation sites (tertiary alicyclic amines) is 1.